The van der Waals surface area contributed by atoms with Crippen LogP contribution in [0.3, 0.4) is 0 Å². The summed E-state index contributed by atoms with van der Waals surface area (Å²) in [5.74, 6) is -1.27. The summed E-state index contributed by atoms with van der Waals surface area (Å²) in [6.45, 7) is -0.550. The van der Waals surface area contributed by atoms with E-state index in [0.29, 0.717) is 11.4 Å². The quantitative estimate of drug-likeness (QED) is 0.790. The van der Waals surface area contributed by atoms with Gasteiger partial charge < -0.3 is 19.5 Å². The lowest BCUT2D eigenvalue weighted by Gasteiger charge is -2.09. The predicted molar refractivity (Wildman–Crippen MR) is 85.0 cm³/mol. The largest absolute Gasteiger partial charge is 0.573 e. The van der Waals surface area contributed by atoms with E-state index in [4.69, 9.17) is 9.47 Å². The number of carbonyl (C=O) groups is 2. The fraction of sp³-hybridized carbons (Fsp3) is 0.176. The first kappa shape index (κ1) is 19.1. The third-order valence-electron chi connectivity index (χ3n) is 3.03. The molecule has 0 saturated carbocycles. The molecule has 0 aromatic heterocycles. The number of benzene rings is 2. The van der Waals surface area contributed by atoms with Gasteiger partial charge in [0.25, 0.3) is 5.91 Å². The highest BCUT2D eigenvalue weighted by Gasteiger charge is 2.31. The van der Waals surface area contributed by atoms with Crippen molar-refractivity contribution in [3.05, 3.63) is 54.1 Å². The Balaban J connectivity index is 1.84. The summed E-state index contributed by atoms with van der Waals surface area (Å²) in [6.07, 6.45) is -4.82. The molecule has 2 aromatic carbocycles. The summed E-state index contributed by atoms with van der Waals surface area (Å²) in [6, 6.07) is 10.7. The van der Waals surface area contributed by atoms with Gasteiger partial charge in [-0.3, -0.25) is 4.79 Å². The Morgan fingerprint density at radius 2 is 1.54 bits per heavy atom. The van der Waals surface area contributed by atoms with Crippen molar-refractivity contribution in [1.29, 1.82) is 0 Å². The molecular formula is C17H14F3NO5. The van der Waals surface area contributed by atoms with E-state index in [9.17, 15) is 22.8 Å². The first-order valence-corrected chi connectivity index (χ1v) is 7.23. The summed E-state index contributed by atoms with van der Waals surface area (Å²) in [4.78, 5) is 23.5. The smallest absolute Gasteiger partial charge is 0.497 e. The van der Waals surface area contributed by atoms with E-state index < -0.39 is 30.6 Å². The number of ether oxygens (including phenoxy) is 3. The number of methoxy groups -OCH3 is 1. The molecule has 138 valence electrons. The minimum absolute atomic E-state index is 0.0169. The number of esters is 1. The number of carbonyl (C=O) groups excluding carboxylic acids is 2. The summed E-state index contributed by atoms with van der Waals surface area (Å²) in [5.41, 5.74) is 0.470. The first-order chi connectivity index (χ1) is 12.3. The van der Waals surface area contributed by atoms with Crippen LogP contribution in [-0.2, 0) is 9.53 Å². The molecule has 0 aliphatic carbocycles. The van der Waals surface area contributed by atoms with Crippen LogP contribution in [-0.4, -0.2) is 32.0 Å². The monoisotopic (exact) mass is 369 g/mol. The molecule has 1 N–H and O–H groups in total. The van der Waals surface area contributed by atoms with E-state index in [1.54, 1.807) is 24.3 Å². The maximum Gasteiger partial charge on any atom is 0.573 e. The van der Waals surface area contributed by atoms with Gasteiger partial charge in [0.05, 0.1) is 12.7 Å². The number of halogens is 3. The maximum absolute atomic E-state index is 12.1. The van der Waals surface area contributed by atoms with Crippen LogP contribution in [0.25, 0.3) is 0 Å². The average molecular weight is 369 g/mol. The fourth-order valence-electron chi connectivity index (χ4n) is 1.88. The van der Waals surface area contributed by atoms with Crippen LogP contribution in [0.1, 0.15) is 10.4 Å². The van der Waals surface area contributed by atoms with Gasteiger partial charge in [-0.2, -0.15) is 0 Å². The normalized spacial score (nSPS) is 10.8. The van der Waals surface area contributed by atoms with Crippen molar-refractivity contribution in [2.24, 2.45) is 0 Å². The van der Waals surface area contributed by atoms with Crippen LogP contribution in [0, 0.1) is 0 Å². The lowest BCUT2D eigenvalue weighted by atomic mass is 10.2. The van der Waals surface area contributed by atoms with Crippen molar-refractivity contribution in [2.45, 2.75) is 6.36 Å². The molecule has 0 aliphatic rings. The van der Waals surface area contributed by atoms with E-state index >= 15 is 0 Å². The molecule has 0 fully saturated rings. The van der Waals surface area contributed by atoms with Crippen molar-refractivity contribution < 1.29 is 37.0 Å². The number of hydrogen-bond acceptors (Lipinski definition) is 5. The molecule has 0 spiro atoms. The van der Waals surface area contributed by atoms with Crippen LogP contribution in [0.2, 0.25) is 0 Å². The Hall–Kier alpha value is -3.23. The van der Waals surface area contributed by atoms with E-state index in [1.165, 1.54) is 7.11 Å². The zero-order chi connectivity index (χ0) is 19.2. The minimum atomic E-state index is -4.82. The number of rotatable bonds is 6. The summed E-state index contributed by atoms with van der Waals surface area (Å²) < 4.78 is 49.7. The van der Waals surface area contributed by atoms with Gasteiger partial charge in [0, 0.05) is 5.69 Å². The van der Waals surface area contributed by atoms with E-state index in [1.807, 2.05) is 0 Å². The highest BCUT2D eigenvalue weighted by atomic mass is 19.4. The molecular weight excluding hydrogens is 355 g/mol. The van der Waals surface area contributed by atoms with Gasteiger partial charge in [0.1, 0.15) is 11.5 Å². The van der Waals surface area contributed by atoms with Gasteiger partial charge in [0.2, 0.25) is 0 Å². The second-order valence-electron chi connectivity index (χ2n) is 4.92. The van der Waals surface area contributed by atoms with E-state index in [0.717, 1.165) is 24.3 Å². The van der Waals surface area contributed by atoms with Crippen LogP contribution in [0.15, 0.2) is 48.5 Å². The van der Waals surface area contributed by atoms with Gasteiger partial charge >= 0.3 is 12.3 Å². The second-order valence-corrected chi connectivity index (χ2v) is 4.92. The zero-order valence-corrected chi connectivity index (χ0v) is 13.5. The third kappa shape index (κ3) is 6.00. The molecule has 6 nitrogen and oxygen atoms in total. The van der Waals surface area contributed by atoms with Gasteiger partial charge in [-0.15, -0.1) is 13.2 Å². The number of hydrogen-bond donors (Lipinski definition) is 1. The Kier molecular flexibility index (Phi) is 6.05. The zero-order valence-electron chi connectivity index (χ0n) is 13.5. The van der Waals surface area contributed by atoms with Gasteiger partial charge in [-0.25, -0.2) is 4.79 Å². The van der Waals surface area contributed by atoms with E-state index in [2.05, 4.69) is 10.1 Å². The predicted octanol–water partition coefficient (Wildman–Crippen LogP) is 3.39. The van der Waals surface area contributed by atoms with Crippen molar-refractivity contribution >= 4 is 17.6 Å². The van der Waals surface area contributed by atoms with Crippen LogP contribution >= 0.6 is 0 Å². The molecule has 0 atom stereocenters. The minimum Gasteiger partial charge on any atom is -0.497 e. The summed E-state index contributed by atoms with van der Waals surface area (Å²) >= 11 is 0. The Morgan fingerprint density at radius 1 is 0.962 bits per heavy atom. The lowest BCUT2D eigenvalue weighted by molar-refractivity contribution is -0.274. The van der Waals surface area contributed by atoms with E-state index in [-0.39, 0.29) is 5.56 Å². The van der Waals surface area contributed by atoms with Crippen LogP contribution in [0.5, 0.6) is 11.5 Å². The fourth-order valence-corrected chi connectivity index (χ4v) is 1.88. The van der Waals surface area contributed by atoms with Crippen molar-refractivity contribution in [2.75, 3.05) is 19.0 Å². The Labute approximate surface area is 146 Å². The highest BCUT2D eigenvalue weighted by Crippen LogP contribution is 2.23. The highest BCUT2D eigenvalue weighted by molar-refractivity contribution is 5.95. The summed E-state index contributed by atoms with van der Waals surface area (Å²) in [5, 5.41) is 2.52. The molecule has 1 amide bonds. The molecule has 0 heterocycles. The Morgan fingerprint density at radius 3 is 2.08 bits per heavy atom. The molecule has 0 aliphatic heterocycles. The maximum atomic E-state index is 12.1. The van der Waals surface area contributed by atoms with Gasteiger partial charge in [-0.1, -0.05) is 0 Å². The average Bonchev–Trinajstić information content (AvgIpc) is 2.59. The standard InChI is InChI=1S/C17H14F3NO5/c1-24-13-8-4-12(5-9-13)21-15(22)10-25-16(23)11-2-6-14(7-3-11)26-17(18,19)20/h2-9H,10H2,1H3,(H,21,22). The third-order valence-corrected chi connectivity index (χ3v) is 3.03. The van der Waals surface area contributed by atoms with Crippen molar-refractivity contribution in [1.82, 2.24) is 0 Å². The number of anilines is 1. The molecule has 9 heteroatoms. The number of amides is 1. The molecule has 0 radical (unpaired) electrons. The van der Waals surface area contributed by atoms with Gasteiger partial charge in [0.15, 0.2) is 6.61 Å². The number of nitrogens with one attached hydrogen (secondary N) is 1. The molecule has 2 rings (SSSR count). The topological polar surface area (TPSA) is 73.9 Å². The first-order valence-electron chi connectivity index (χ1n) is 7.23. The van der Waals surface area contributed by atoms with Gasteiger partial charge in [-0.05, 0) is 48.5 Å². The number of alkyl halides is 3. The lowest BCUT2D eigenvalue weighted by Crippen LogP contribution is -2.21. The van der Waals surface area contributed by atoms with Crippen LogP contribution < -0.4 is 14.8 Å². The molecule has 0 saturated heterocycles. The Bertz CT molecular complexity index is 757. The van der Waals surface area contributed by atoms with Crippen molar-refractivity contribution in [3.8, 4) is 11.5 Å². The molecule has 0 unspecified atom stereocenters. The molecule has 2 aromatic rings. The van der Waals surface area contributed by atoms with Crippen molar-refractivity contribution in [3.63, 3.8) is 0 Å². The second kappa shape index (κ2) is 8.24. The molecule has 0 bridgehead atoms. The molecule has 26 heavy (non-hydrogen) atoms. The van der Waals surface area contributed by atoms with Crippen LogP contribution in [0.4, 0.5) is 18.9 Å². The summed E-state index contributed by atoms with van der Waals surface area (Å²) in [7, 11) is 1.51. The SMILES string of the molecule is COc1ccc(NC(=O)COC(=O)c2ccc(OC(F)(F)F)cc2)cc1.